The van der Waals surface area contributed by atoms with Crippen molar-refractivity contribution in [2.45, 2.75) is 19.1 Å². The molecule has 0 radical (unpaired) electrons. The fourth-order valence-electron chi connectivity index (χ4n) is 1.76. The van der Waals surface area contributed by atoms with E-state index in [0.717, 1.165) is 11.3 Å². The SMILES string of the molecule is CC(N)c1cccc(NC(=O)C2COCCO2)c1. The van der Waals surface area contributed by atoms with Gasteiger partial charge < -0.3 is 20.5 Å². The largest absolute Gasteiger partial charge is 0.376 e. The van der Waals surface area contributed by atoms with E-state index in [2.05, 4.69) is 5.32 Å². The second-order valence-electron chi connectivity index (χ2n) is 4.34. The molecule has 1 aromatic rings. The Labute approximate surface area is 106 Å². The summed E-state index contributed by atoms with van der Waals surface area (Å²) in [6.45, 7) is 3.21. The zero-order valence-electron chi connectivity index (χ0n) is 10.4. The van der Waals surface area contributed by atoms with Gasteiger partial charge in [0.2, 0.25) is 0 Å². The molecule has 5 nitrogen and oxygen atoms in total. The van der Waals surface area contributed by atoms with Gasteiger partial charge in [0.05, 0.1) is 19.8 Å². The molecule has 0 saturated carbocycles. The second-order valence-corrected chi connectivity index (χ2v) is 4.34. The van der Waals surface area contributed by atoms with Gasteiger partial charge in [-0.3, -0.25) is 4.79 Å². The summed E-state index contributed by atoms with van der Waals surface area (Å²) in [4.78, 5) is 11.9. The lowest BCUT2D eigenvalue weighted by Crippen LogP contribution is -2.39. The van der Waals surface area contributed by atoms with Crippen LogP contribution >= 0.6 is 0 Å². The van der Waals surface area contributed by atoms with Crippen molar-refractivity contribution in [1.82, 2.24) is 0 Å². The summed E-state index contributed by atoms with van der Waals surface area (Å²) < 4.78 is 10.5. The number of nitrogens with two attached hydrogens (primary N) is 1. The Morgan fingerprint density at radius 2 is 2.33 bits per heavy atom. The number of rotatable bonds is 3. The summed E-state index contributed by atoms with van der Waals surface area (Å²) in [7, 11) is 0. The van der Waals surface area contributed by atoms with Crippen molar-refractivity contribution < 1.29 is 14.3 Å². The molecule has 0 spiro atoms. The Morgan fingerprint density at radius 1 is 1.50 bits per heavy atom. The molecule has 2 atom stereocenters. The normalized spacial score (nSPS) is 21.3. The van der Waals surface area contributed by atoms with Crippen molar-refractivity contribution in [3.63, 3.8) is 0 Å². The van der Waals surface area contributed by atoms with E-state index in [1.54, 1.807) is 0 Å². The molecule has 3 N–H and O–H groups in total. The average Bonchev–Trinajstić information content (AvgIpc) is 2.40. The molecule has 0 aromatic heterocycles. The summed E-state index contributed by atoms with van der Waals surface area (Å²) in [6.07, 6.45) is -0.530. The molecule has 1 aliphatic heterocycles. The summed E-state index contributed by atoms with van der Waals surface area (Å²) in [5.74, 6) is -0.184. The Kier molecular flexibility index (Phi) is 4.30. The first kappa shape index (κ1) is 13.0. The van der Waals surface area contributed by atoms with Crippen LogP contribution in [0.1, 0.15) is 18.5 Å². The molecular formula is C13H18N2O3. The van der Waals surface area contributed by atoms with Gasteiger partial charge in [-0.1, -0.05) is 12.1 Å². The molecule has 1 saturated heterocycles. The van der Waals surface area contributed by atoms with Crippen LogP contribution in [-0.2, 0) is 14.3 Å². The van der Waals surface area contributed by atoms with Crippen LogP contribution in [-0.4, -0.2) is 31.8 Å². The Balaban J connectivity index is 1.99. The quantitative estimate of drug-likeness (QED) is 0.841. The highest BCUT2D eigenvalue weighted by molar-refractivity contribution is 5.94. The van der Waals surface area contributed by atoms with Gasteiger partial charge in [0, 0.05) is 11.7 Å². The third kappa shape index (κ3) is 3.29. The molecule has 5 heteroatoms. The summed E-state index contributed by atoms with van der Waals surface area (Å²) in [5, 5.41) is 2.81. The number of amides is 1. The van der Waals surface area contributed by atoms with Crippen molar-refractivity contribution in [3.8, 4) is 0 Å². The van der Waals surface area contributed by atoms with Crippen LogP contribution in [0, 0.1) is 0 Å². The number of hydrogen-bond acceptors (Lipinski definition) is 4. The van der Waals surface area contributed by atoms with Gasteiger partial charge in [-0.2, -0.15) is 0 Å². The molecule has 18 heavy (non-hydrogen) atoms. The first-order valence-corrected chi connectivity index (χ1v) is 6.02. The van der Waals surface area contributed by atoms with Crippen LogP contribution in [0.4, 0.5) is 5.69 Å². The topological polar surface area (TPSA) is 73.6 Å². The molecule has 1 aliphatic rings. The maximum Gasteiger partial charge on any atom is 0.255 e. The van der Waals surface area contributed by atoms with Gasteiger partial charge >= 0.3 is 0 Å². The number of benzene rings is 1. The standard InChI is InChI=1S/C13H18N2O3/c1-9(14)10-3-2-4-11(7-10)15-13(16)12-8-17-5-6-18-12/h2-4,7,9,12H,5-6,8,14H2,1H3,(H,15,16). The van der Waals surface area contributed by atoms with Crippen LogP contribution in [0.3, 0.4) is 0 Å². The number of ether oxygens (including phenoxy) is 2. The van der Waals surface area contributed by atoms with E-state index in [1.165, 1.54) is 0 Å². The van der Waals surface area contributed by atoms with Gasteiger partial charge in [0.1, 0.15) is 0 Å². The lowest BCUT2D eigenvalue weighted by atomic mass is 10.1. The fourth-order valence-corrected chi connectivity index (χ4v) is 1.76. The minimum absolute atomic E-state index is 0.0592. The lowest BCUT2D eigenvalue weighted by molar-refractivity contribution is -0.142. The molecule has 2 unspecified atom stereocenters. The smallest absolute Gasteiger partial charge is 0.255 e. The minimum Gasteiger partial charge on any atom is -0.376 e. The summed E-state index contributed by atoms with van der Waals surface area (Å²) in [6, 6.07) is 7.43. The van der Waals surface area contributed by atoms with E-state index in [1.807, 2.05) is 31.2 Å². The van der Waals surface area contributed by atoms with Gasteiger partial charge in [-0.25, -0.2) is 0 Å². The minimum atomic E-state index is -0.530. The molecule has 1 fully saturated rings. The van der Waals surface area contributed by atoms with Gasteiger partial charge in [0.15, 0.2) is 6.10 Å². The molecular weight excluding hydrogens is 232 g/mol. The van der Waals surface area contributed by atoms with E-state index in [9.17, 15) is 4.79 Å². The Bertz CT molecular complexity index is 414. The second kappa shape index (κ2) is 5.95. The third-order valence-corrected chi connectivity index (χ3v) is 2.79. The van der Waals surface area contributed by atoms with E-state index in [-0.39, 0.29) is 11.9 Å². The maximum atomic E-state index is 11.9. The Hall–Kier alpha value is -1.43. The molecule has 1 aromatic carbocycles. The highest BCUT2D eigenvalue weighted by Crippen LogP contribution is 2.16. The van der Waals surface area contributed by atoms with Crippen molar-refractivity contribution in [1.29, 1.82) is 0 Å². The zero-order valence-corrected chi connectivity index (χ0v) is 10.4. The monoisotopic (exact) mass is 250 g/mol. The first-order chi connectivity index (χ1) is 8.66. The Morgan fingerprint density at radius 3 is 3.00 bits per heavy atom. The van der Waals surface area contributed by atoms with E-state index in [0.29, 0.717) is 19.8 Å². The van der Waals surface area contributed by atoms with Crippen molar-refractivity contribution in [2.24, 2.45) is 5.73 Å². The molecule has 0 bridgehead atoms. The molecule has 1 amide bonds. The van der Waals surface area contributed by atoms with Crippen LogP contribution in [0.15, 0.2) is 24.3 Å². The molecule has 0 aliphatic carbocycles. The van der Waals surface area contributed by atoms with Crippen LogP contribution < -0.4 is 11.1 Å². The van der Waals surface area contributed by atoms with Crippen molar-refractivity contribution in [2.75, 3.05) is 25.1 Å². The van der Waals surface area contributed by atoms with Crippen molar-refractivity contribution >= 4 is 11.6 Å². The number of hydrogen-bond donors (Lipinski definition) is 2. The number of nitrogens with one attached hydrogen (secondary N) is 1. The highest BCUT2D eigenvalue weighted by Gasteiger charge is 2.22. The van der Waals surface area contributed by atoms with E-state index < -0.39 is 6.10 Å². The van der Waals surface area contributed by atoms with Crippen LogP contribution in [0.5, 0.6) is 0 Å². The van der Waals surface area contributed by atoms with Gasteiger partial charge in [-0.05, 0) is 24.6 Å². The van der Waals surface area contributed by atoms with Crippen LogP contribution in [0.25, 0.3) is 0 Å². The molecule has 98 valence electrons. The van der Waals surface area contributed by atoms with E-state index >= 15 is 0 Å². The highest BCUT2D eigenvalue weighted by atomic mass is 16.6. The number of anilines is 1. The first-order valence-electron chi connectivity index (χ1n) is 6.02. The molecule has 2 rings (SSSR count). The summed E-state index contributed by atoms with van der Waals surface area (Å²) >= 11 is 0. The lowest BCUT2D eigenvalue weighted by Gasteiger charge is -2.22. The number of carbonyl (C=O) groups is 1. The summed E-state index contributed by atoms with van der Waals surface area (Å²) in [5.41, 5.74) is 7.50. The fraction of sp³-hybridized carbons (Fsp3) is 0.462. The predicted octanol–water partition coefficient (Wildman–Crippen LogP) is 1.06. The molecule has 1 heterocycles. The van der Waals surface area contributed by atoms with E-state index in [4.69, 9.17) is 15.2 Å². The van der Waals surface area contributed by atoms with Crippen LogP contribution in [0.2, 0.25) is 0 Å². The predicted molar refractivity (Wildman–Crippen MR) is 68.2 cm³/mol. The van der Waals surface area contributed by atoms with Gasteiger partial charge in [-0.15, -0.1) is 0 Å². The third-order valence-electron chi connectivity index (χ3n) is 2.79. The number of carbonyl (C=O) groups excluding carboxylic acids is 1. The van der Waals surface area contributed by atoms with Crippen molar-refractivity contribution in [3.05, 3.63) is 29.8 Å². The zero-order chi connectivity index (χ0) is 13.0. The van der Waals surface area contributed by atoms with Gasteiger partial charge in [0.25, 0.3) is 5.91 Å². The maximum absolute atomic E-state index is 11.9. The average molecular weight is 250 g/mol.